The Balaban J connectivity index is 2.22. The van der Waals surface area contributed by atoms with Gasteiger partial charge >= 0.3 is 5.97 Å². The van der Waals surface area contributed by atoms with Crippen LogP contribution in [-0.4, -0.2) is 33.3 Å². The Morgan fingerprint density at radius 3 is 2.33 bits per heavy atom. The van der Waals surface area contributed by atoms with E-state index in [1.54, 1.807) is 20.3 Å². The van der Waals surface area contributed by atoms with E-state index in [0.29, 0.717) is 24.0 Å². The molecule has 1 aliphatic carbocycles. The van der Waals surface area contributed by atoms with Crippen molar-refractivity contribution in [2.75, 3.05) is 27.4 Å². The zero-order valence-electron chi connectivity index (χ0n) is 12.8. The quantitative estimate of drug-likeness (QED) is 0.745. The lowest BCUT2D eigenvalue weighted by Crippen LogP contribution is -2.31. The minimum Gasteiger partial charge on any atom is -0.497 e. The van der Waals surface area contributed by atoms with E-state index in [2.05, 4.69) is 5.32 Å². The van der Waals surface area contributed by atoms with Crippen LogP contribution in [0, 0.1) is 5.92 Å². The summed E-state index contributed by atoms with van der Waals surface area (Å²) in [4.78, 5) is 12.2. The zero-order chi connectivity index (χ0) is 15.2. The topological polar surface area (TPSA) is 56.8 Å². The third-order valence-electron chi connectivity index (χ3n) is 3.54. The fourth-order valence-electron chi connectivity index (χ4n) is 2.17. The van der Waals surface area contributed by atoms with Crippen molar-refractivity contribution in [3.63, 3.8) is 0 Å². The maximum atomic E-state index is 12.2. The highest BCUT2D eigenvalue weighted by molar-refractivity contribution is 5.78. The van der Waals surface area contributed by atoms with Crippen molar-refractivity contribution in [3.8, 4) is 11.5 Å². The summed E-state index contributed by atoms with van der Waals surface area (Å²) in [6.07, 6.45) is 2.45. The second-order valence-corrected chi connectivity index (χ2v) is 5.18. The van der Waals surface area contributed by atoms with Crippen LogP contribution in [0.4, 0.5) is 0 Å². The highest BCUT2D eigenvalue weighted by Gasteiger charge is 2.27. The van der Waals surface area contributed by atoms with Gasteiger partial charge in [0, 0.05) is 6.07 Å². The molecule has 1 saturated carbocycles. The Morgan fingerprint density at radius 1 is 1.24 bits per heavy atom. The molecule has 1 N–H and O–H groups in total. The third kappa shape index (κ3) is 4.36. The monoisotopic (exact) mass is 293 g/mol. The first-order valence-electron chi connectivity index (χ1n) is 7.31. The van der Waals surface area contributed by atoms with Gasteiger partial charge in [-0.3, -0.25) is 0 Å². The molecular weight excluding hydrogens is 270 g/mol. The summed E-state index contributed by atoms with van der Waals surface area (Å²) >= 11 is 0. The highest BCUT2D eigenvalue weighted by Crippen LogP contribution is 2.30. The standard InChI is InChI=1S/C16H23NO4/c1-4-21-16(18)15(17-10-11-5-6-11)12-7-13(19-2)9-14(8-12)20-3/h7-9,11,15,17H,4-6,10H2,1-3H3. The second-order valence-electron chi connectivity index (χ2n) is 5.18. The Kier molecular flexibility index (Phi) is 5.44. The molecule has 0 heterocycles. The second kappa shape index (κ2) is 7.31. The van der Waals surface area contributed by atoms with Crippen LogP contribution < -0.4 is 14.8 Å². The summed E-state index contributed by atoms with van der Waals surface area (Å²) in [6.45, 7) is 2.99. The van der Waals surface area contributed by atoms with Crippen LogP contribution in [-0.2, 0) is 9.53 Å². The summed E-state index contributed by atoms with van der Waals surface area (Å²) in [5.41, 5.74) is 0.797. The van der Waals surface area contributed by atoms with Gasteiger partial charge in [-0.15, -0.1) is 0 Å². The van der Waals surface area contributed by atoms with Crippen molar-refractivity contribution in [1.82, 2.24) is 5.32 Å². The first-order chi connectivity index (χ1) is 10.2. The molecule has 5 heteroatoms. The number of hydrogen-bond donors (Lipinski definition) is 1. The molecule has 0 bridgehead atoms. The van der Waals surface area contributed by atoms with E-state index >= 15 is 0 Å². The number of esters is 1. The van der Waals surface area contributed by atoms with Gasteiger partial charge in [0.25, 0.3) is 0 Å². The fraction of sp³-hybridized carbons (Fsp3) is 0.562. The molecule has 0 saturated heterocycles. The molecule has 0 amide bonds. The molecule has 116 valence electrons. The molecule has 0 radical (unpaired) electrons. The predicted octanol–water partition coefficient (Wildman–Crippen LogP) is 2.31. The molecule has 0 spiro atoms. The summed E-state index contributed by atoms with van der Waals surface area (Å²) in [5.74, 6) is 1.72. The Bertz CT molecular complexity index is 463. The largest absolute Gasteiger partial charge is 0.497 e. The van der Waals surface area contributed by atoms with E-state index in [9.17, 15) is 4.79 Å². The molecular formula is C16H23NO4. The molecule has 1 fully saturated rings. The minimum atomic E-state index is -0.491. The van der Waals surface area contributed by atoms with Crippen LogP contribution in [0.25, 0.3) is 0 Å². The average molecular weight is 293 g/mol. The average Bonchev–Trinajstić information content (AvgIpc) is 3.31. The lowest BCUT2D eigenvalue weighted by Gasteiger charge is -2.19. The van der Waals surface area contributed by atoms with Crippen LogP contribution in [0.5, 0.6) is 11.5 Å². The van der Waals surface area contributed by atoms with E-state index in [1.165, 1.54) is 12.8 Å². The van der Waals surface area contributed by atoms with Gasteiger partial charge in [-0.05, 0) is 49.9 Å². The van der Waals surface area contributed by atoms with Crippen LogP contribution in [0.2, 0.25) is 0 Å². The van der Waals surface area contributed by atoms with Gasteiger partial charge in [-0.25, -0.2) is 4.79 Å². The SMILES string of the molecule is CCOC(=O)C(NCC1CC1)c1cc(OC)cc(OC)c1. The van der Waals surface area contributed by atoms with Crippen molar-refractivity contribution < 1.29 is 19.0 Å². The van der Waals surface area contributed by atoms with E-state index in [0.717, 1.165) is 12.1 Å². The van der Waals surface area contributed by atoms with Crippen LogP contribution in [0.3, 0.4) is 0 Å². The van der Waals surface area contributed by atoms with Crippen molar-refractivity contribution in [3.05, 3.63) is 23.8 Å². The molecule has 1 aliphatic rings. The zero-order valence-corrected chi connectivity index (χ0v) is 12.8. The number of carbonyl (C=O) groups excluding carboxylic acids is 1. The molecule has 2 rings (SSSR count). The number of carbonyl (C=O) groups is 1. The predicted molar refractivity (Wildman–Crippen MR) is 79.6 cm³/mol. The van der Waals surface area contributed by atoms with E-state index < -0.39 is 6.04 Å². The third-order valence-corrected chi connectivity index (χ3v) is 3.54. The molecule has 1 aromatic carbocycles. The normalized spacial score (nSPS) is 15.4. The van der Waals surface area contributed by atoms with E-state index in [1.807, 2.05) is 19.1 Å². The molecule has 1 unspecified atom stereocenters. The van der Waals surface area contributed by atoms with Crippen LogP contribution >= 0.6 is 0 Å². The van der Waals surface area contributed by atoms with Gasteiger partial charge in [-0.2, -0.15) is 0 Å². The van der Waals surface area contributed by atoms with E-state index in [4.69, 9.17) is 14.2 Å². The molecule has 5 nitrogen and oxygen atoms in total. The first-order valence-corrected chi connectivity index (χ1v) is 7.31. The Labute approximate surface area is 125 Å². The number of hydrogen-bond acceptors (Lipinski definition) is 5. The van der Waals surface area contributed by atoms with Gasteiger partial charge in [-0.1, -0.05) is 0 Å². The molecule has 0 aliphatic heterocycles. The Morgan fingerprint density at radius 2 is 1.86 bits per heavy atom. The lowest BCUT2D eigenvalue weighted by atomic mass is 10.1. The highest BCUT2D eigenvalue weighted by atomic mass is 16.5. The van der Waals surface area contributed by atoms with Crippen molar-refractivity contribution in [2.24, 2.45) is 5.92 Å². The van der Waals surface area contributed by atoms with Gasteiger partial charge < -0.3 is 19.5 Å². The number of rotatable bonds is 8. The molecule has 1 aromatic rings. The van der Waals surface area contributed by atoms with Crippen molar-refractivity contribution >= 4 is 5.97 Å². The van der Waals surface area contributed by atoms with Gasteiger partial charge in [0.1, 0.15) is 17.5 Å². The Hall–Kier alpha value is -1.75. The lowest BCUT2D eigenvalue weighted by molar-refractivity contribution is -0.145. The maximum Gasteiger partial charge on any atom is 0.327 e. The smallest absolute Gasteiger partial charge is 0.327 e. The molecule has 21 heavy (non-hydrogen) atoms. The molecule has 1 atom stereocenters. The number of nitrogens with one attached hydrogen (secondary N) is 1. The summed E-state index contributed by atoms with van der Waals surface area (Å²) < 4.78 is 15.7. The van der Waals surface area contributed by atoms with Gasteiger partial charge in [0.2, 0.25) is 0 Å². The summed E-state index contributed by atoms with van der Waals surface area (Å²) in [5, 5.41) is 3.30. The van der Waals surface area contributed by atoms with Crippen molar-refractivity contribution in [1.29, 1.82) is 0 Å². The number of ether oxygens (including phenoxy) is 3. The van der Waals surface area contributed by atoms with E-state index in [-0.39, 0.29) is 5.97 Å². The maximum absolute atomic E-state index is 12.2. The summed E-state index contributed by atoms with van der Waals surface area (Å²) in [6, 6.07) is 4.97. The number of methoxy groups -OCH3 is 2. The fourth-order valence-corrected chi connectivity index (χ4v) is 2.17. The van der Waals surface area contributed by atoms with Gasteiger partial charge in [0.05, 0.1) is 20.8 Å². The summed E-state index contributed by atoms with van der Waals surface area (Å²) in [7, 11) is 3.19. The molecule has 0 aromatic heterocycles. The minimum absolute atomic E-state index is 0.270. The van der Waals surface area contributed by atoms with Gasteiger partial charge in [0.15, 0.2) is 0 Å². The van der Waals surface area contributed by atoms with Crippen LogP contribution in [0.15, 0.2) is 18.2 Å². The first kappa shape index (κ1) is 15.6. The van der Waals surface area contributed by atoms with Crippen LogP contribution in [0.1, 0.15) is 31.4 Å². The number of benzene rings is 1. The van der Waals surface area contributed by atoms with Crippen molar-refractivity contribution in [2.45, 2.75) is 25.8 Å².